The van der Waals surface area contributed by atoms with Gasteiger partial charge in [0.25, 0.3) is 0 Å². The topological polar surface area (TPSA) is 45.2 Å². The van der Waals surface area contributed by atoms with Crippen LogP contribution < -0.4 is 9.80 Å². The van der Waals surface area contributed by atoms with Crippen molar-refractivity contribution in [1.82, 2.24) is 15.0 Å². The molecule has 1 saturated heterocycles. The normalized spacial score (nSPS) is 21.3. The highest BCUT2D eigenvalue weighted by Crippen LogP contribution is 2.31. The molecule has 0 amide bonds. The summed E-state index contributed by atoms with van der Waals surface area (Å²) in [6.07, 6.45) is 5.19. The smallest absolute Gasteiger partial charge is 0.185 e. The van der Waals surface area contributed by atoms with Crippen LogP contribution in [0.3, 0.4) is 0 Å². The standard InChI is InChI=1S/C16H21N5S/c1-11-9-22-16(19-11)21-7-6-20(8-12(21)2)15-13-4-3-5-14(13)17-10-18-15/h9-10,12H,3-8H2,1-2H3. The zero-order chi connectivity index (χ0) is 15.1. The Labute approximate surface area is 135 Å². The average molecular weight is 315 g/mol. The number of aromatic nitrogens is 3. The largest absolute Gasteiger partial charge is 0.352 e. The van der Waals surface area contributed by atoms with Crippen molar-refractivity contribution < 1.29 is 0 Å². The van der Waals surface area contributed by atoms with E-state index < -0.39 is 0 Å². The van der Waals surface area contributed by atoms with Gasteiger partial charge in [0.05, 0.1) is 5.69 Å². The number of rotatable bonds is 2. The predicted octanol–water partition coefficient (Wildman–Crippen LogP) is 2.45. The number of thiazole rings is 1. The van der Waals surface area contributed by atoms with Crippen molar-refractivity contribution in [2.24, 2.45) is 0 Å². The van der Waals surface area contributed by atoms with E-state index >= 15 is 0 Å². The highest BCUT2D eigenvalue weighted by molar-refractivity contribution is 7.13. The van der Waals surface area contributed by atoms with Crippen molar-refractivity contribution >= 4 is 22.3 Å². The van der Waals surface area contributed by atoms with E-state index in [1.165, 1.54) is 23.5 Å². The van der Waals surface area contributed by atoms with Gasteiger partial charge in [-0.15, -0.1) is 11.3 Å². The molecule has 0 radical (unpaired) electrons. The number of nitrogens with zero attached hydrogens (tertiary/aromatic N) is 5. The molecule has 1 aliphatic heterocycles. The van der Waals surface area contributed by atoms with Gasteiger partial charge in [0.1, 0.15) is 12.1 Å². The van der Waals surface area contributed by atoms with E-state index in [4.69, 9.17) is 0 Å². The summed E-state index contributed by atoms with van der Waals surface area (Å²) < 4.78 is 0. The summed E-state index contributed by atoms with van der Waals surface area (Å²) in [5.74, 6) is 1.17. The molecule has 2 aromatic heterocycles. The van der Waals surface area contributed by atoms with Crippen LogP contribution in [0.5, 0.6) is 0 Å². The highest BCUT2D eigenvalue weighted by atomic mass is 32.1. The summed E-state index contributed by atoms with van der Waals surface area (Å²) in [6, 6.07) is 0.450. The van der Waals surface area contributed by atoms with E-state index in [9.17, 15) is 0 Å². The summed E-state index contributed by atoms with van der Waals surface area (Å²) in [5.41, 5.74) is 3.76. The Balaban J connectivity index is 1.55. The van der Waals surface area contributed by atoms with Gasteiger partial charge in [-0.25, -0.2) is 15.0 Å². The molecule has 0 N–H and O–H groups in total. The quantitative estimate of drug-likeness (QED) is 0.852. The number of piperazine rings is 1. The Morgan fingerprint density at radius 2 is 2.14 bits per heavy atom. The lowest BCUT2D eigenvalue weighted by Gasteiger charge is -2.40. The van der Waals surface area contributed by atoms with Gasteiger partial charge in [0.15, 0.2) is 5.13 Å². The van der Waals surface area contributed by atoms with Crippen LogP contribution in [0.25, 0.3) is 0 Å². The first kappa shape index (κ1) is 13.9. The lowest BCUT2D eigenvalue weighted by molar-refractivity contribution is 0.544. The molecule has 2 aromatic rings. The Hall–Kier alpha value is -1.69. The van der Waals surface area contributed by atoms with Crippen LogP contribution >= 0.6 is 11.3 Å². The lowest BCUT2D eigenvalue weighted by Crippen LogP contribution is -2.52. The minimum atomic E-state index is 0.450. The summed E-state index contributed by atoms with van der Waals surface area (Å²) in [4.78, 5) is 18.5. The molecule has 6 heteroatoms. The van der Waals surface area contributed by atoms with Gasteiger partial charge in [0.2, 0.25) is 0 Å². The number of fused-ring (bicyclic) bond motifs is 1. The zero-order valence-corrected chi connectivity index (χ0v) is 13.9. The molecule has 116 valence electrons. The Kier molecular flexibility index (Phi) is 3.48. The van der Waals surface area contributed by atoms with Crippen molar-refractivity contribution in [2.75, 3.05) is 29.4 Å². The van der Waals surface area contributed by atoms with Gasteiger partial charge >= 0.3 is 0 Å². The molecule has 1 aliphatic carbocycles. The van der Waals surface area contributed by atoms with Crippen LogP contribution in [0.1, 0.15) is 30.3 Å². The summed E-state index contributed by atoms with van der Waals surface area (Å²) in [7, 11) is 0. The molecule has 5 nitrogen and oxygen atoms in total. The molecule has 1 unspecified atom stereocenters. The van der Waals surface area contributed by atoms with Crippen molar-refractivity contribution in [3.05, 3.63) is 28.7 Å². The molecule has 4 rings (SSSR count). The van der Waals surface area contributed by atoms with Crippen LogP contribution in [0.15, 0.2) is 11.7 Å². The van der Waals surface area contributed by atoms with Crippen LogP contribution in [-0.4, -0.2) is 40.6 Å². The molecule has 1 fully saturated rings. The fraction of sp³-hybridized carbons (Fsp3) is 0.562. The molecule has 22 heavy (non-hydrogen) atoms. The SMILES string of the molecule is Cc1csc(N2CCN(c3ncnc4c3CCC4)CC2C)n1. The number of anilines is 2. The second-order valence-electron chi connectivity index (χ2n) is 6.24. The monoisotopic (exact) mass is 315 g/mol. The summed E-state index contributed by atoms with van der Waals surface area (Å²) in [5, 5.41) is 3.28. The Morgan fingerprint density at radius 1 is 1.23 bits per heavy atom. The van der Waals surface area contributed by atoms with Gasteiger partial charge in [-0.1, -0.05) is 0 Å². The van der Waals surface area contributed by atoms with E-state index in [2.05, 4.69) is 44.0 Å². The van der Waals surface area contributed by atoms with Crippen molar-refractivity contribution in [1.29, 1.82) is 0 Å². The van der Waals surface area contributed by atoms with Crippen molar-refractivity contribution in [3.8, 4) is 0 Å². The van der Waals surface area contributed by atoms with E-state index in [-0.39, 0.29) is 0 Å². The fourth-order valence-corrected chi connectivity index (χ4v) is 4.45. The van der Waals surface area contributed by atoms with Crippen molar-refractivity contribution in [2.45, 2.75) is 39.2 Å². The number of hydrogen-bond acceptors (Lipinski definition) is 6. The zero-order valence-electron chi connectivity index (χ0n) is 13.1. The molecule has 0 bridgehead atoms. The minimum Gasteiger partial charge on any atom is -0.352 e. The maximum absolute atomic E-state index is 4.64. The van der Waals surface area contributed by atoms with E-state index in [0.717, 1.165) is 43.3 Å². The molecule has 3 heterocycles. The third-order valence-corrected chi connectivity index (χ3v) is 5.63. The van der Waals surface area contributed by atoms with Gasteiger partial charge in [0, 0.05) is 42.3 Å². The van der Waals surface area contributed by atoms with E-state index in [1.807, 2.05) is 0 Å². The van der Waals surface area contributed by atoms with Crippen LogP contribution in [0.2, 0.25) is 0 Å². The first-order chi connectivity index (χ1) is 10.7. The minimum absolute atomic E-state index is 0.450. The molecular weight excluding hydrogens is 294 g/mol. The summed E-state index contributed by atoms with van der Waals surface area (Å²) >= 11 is 1.75. The molecule has 2 aliphatic rings. The maximum Gasteiger partial charge on any atom is 0.185 e. The van der Waals surface area contributed by atoms with Crippen molar-refractivity contribution in [3.63, 3.8) is 0 Å². The van der Waals surface area contributed by atoms with E-state index in [0.29, 0.717) is 6.04 Å². The highest BCUT2D eigenvalue weighted by Gasteiger charge is 2.29. The van der Waals surface area contributed by atoms with Gasteiger partial charge in [-0.3, -0.25) is 0 Å². The number of aryl methyl sites for hydroxylation is 2. The van der Waals surface area contributed by atoms with Crippen LogP contribution in [0, 0.1) is 6.92 Å². The predicted molar refractivity (Wildman–Crippen MR) is 89.9 cm³/mol. The van der Waals surface area contributed by atoms with Crippen LogP contribution in [0.4, 0.5) is 10.9 Å². The first-order valence-electron chi connectivity index (χ1n) is 7.99. The lowest BCUT2D eigenvalue weighted by atomic mass is 10.1. The van der Waals surface area contributed by atoms with Gasteiger partial charge < -0.3 is 9.80 Å². The third-order valence-electron chi connectivity index (χ3n) is 4.63. The molecule has 1 atom stereocenters. The van der Waals surface area contributed by atoms with Gasteiger partial charge in [-0.05, 0) is 33.1 Å². The molecule has 0 aromatic carbocycles. The first-order valence-corrected chi connectivity index (χ1v) is 8.87. The Morgan fingerprint density at radius 3 is 2.91 bits per heavy atom. The molecular formula is C16H21N5S. The summed E-state index contributed by atoms with van der Waals surface area (Å²) in [6.45, 7) is 7.36. The molecule has 0 spiro atoms. The average Bonchev–Trinajstić information content (AvgIpc) is 3.15. The number of hydrogen-bond donors (Lipinski definition) is 0. The fourth-order valence-electron chi connectivity index (χ4n) is 3.52. The van der Waals surface area contributed by atoms with Crippen LogP contribution in [-0.2, 0) is 12.8 Å². The maximum atomic E-state index is 4.64. The van der Waals surface area contributed by atoms with Gasteiger partial charge in [-0.2, -0.15) is 0 Å². The second kappa shape index (κ2) is 5.50. The Bertz CT molecular complexity index is 683. The second-order valence-corrected chi connectivity index (χ2v) is 7.07. The third kappa shape index (κ3) is 2.35. The van der Waals surface area contributed by atoms with E-state index in [1.54, 1.807) is 17.7 Å². The molecule has 0 saturated carbocycles.